The van der Waals surface area contributed by atoms with Gasteiger partial charge in [0.1, 0.15) is 11.9 Å². The van der Waals surface area contributed by atoms with Crippen molar-refractivity contribution in [3.63, 3.8) is 0 Å². The Hall–Kier alpha value is -3.20. The zero-order chi connectivity index (χ0) is 25.3. The van der Waals surface area contributed by atoms with Gasteiger partial charge in [-0.1, -0.05) is 0 Å². The average molecular weight is 502 g/mol. The van der Waals surface area contributed by atoms with E-state index in [0.717, 1.165) is 0 Å². The summed E-state index contributed by atoms with van der Waals surface area (Å²) in [6.45, 7) is 4.07. The van der Waals surface area contributed by atoms with Gasteiger partial charge in [0, 0.05) is 44.1 Å². The van der Waals surface area contributed by atoms with Gasteiger partial charge in [0.2, 0.25) is 10.0 Å². The molecule has 35 heavy (non-hydrogen) atoms. The molecule has 0 saturated carbocycles. The fraction of sp³-hybridized carbons (Fsp3) is 0.417. The molecule has 2 aliphatic rings. The Morgan fingerprint density at radius 2 is 1.86 bits per heavy atom. The fourth-order valence-corrected chi connectivity index (χ4v) is 5.37. The topological polar surface area (TPSA) is 117 Å². The van der Waals surface area contributed by atoms with E-state index in [4.69, 9.17) is 5.26 Å². The summed E-state index contributed by atoms with van der Waals surface area (Å²) in [5.41, 5.74) is 1.47. The molecule has 2 aliphatic heterocycles. The summed E-state index contributed by atoms with van der Waals surface area (Å²) >= 11 is 0. The van der Waals surface area contributed by atoms with Crippen molar-refractivity contribution in [1.82, 2.24) is 9.62 Å². The van der Waals surface area contributed by atoms with Crippen molar-refractivity contribution in [3.8, 4) is 6.07 Å². The van der Waals surface area contributed by atoms with Gasteiger partial charge in [-0.3, -0.25) is 4.79 Å². The number of amides is 1. The third-order valence-electron chi connectivity index (χ3n) is 6.81. The number of piperazine rings is 1. The van der Waals surface area contributed by atoms with Crippen LogP contribution in [-0.4, -0.2) is 76.2 Å². The molecule has 1 amide bonds. The first-order chi connectivity index (χ1) is 16.7. The van der Waals surface area contributed by atoms with Crippen molar-refractivity contribution >= 4 is 27.3 Å². The van der Waals surface area contributed by atoms with Gasteiger partial charge in [0.15, 0.2) is 0 Å². The maximum Gasteiger partial charge on any atom is 0.256 e. The molecule has 0 aromatic heterocycles. The van der Waals surface area contributed by atoms with Gasteiger partial charge in [0.25, 0.3) is 5.91 Å². The van der Waals surface area contributed by atoms with Crippen LogP contribution in [-0.2, 0) is 10.0 Å². The fourth-order valence-electron chi connectivity index (χ4n) is 4.62. The Morgan fingerprint density at radius 3 is 2.43 bits per heavy atom. The van der Waals surface area contributed by atoms with Crippen LogP contribution < -0.4 is 14.5 Å². The van der Waals surface area contributed by atoms with Gasteiger partial charge in [-0.25, -0.2) is 17.5 Å². The number of carbonyl (C=O) groups is 1. The van der Waals surface area contributed by atoms with Crippen molar-refractivity contribution in [1.29, 1.82) is 5.26 Å². The Kier molecular flexibility index (Phi) is 6.98. The summed E-state index contributed by atoms with van der Waals surface area (Å²) in [5, 5.41) is 19.2. The highest BCUT2D eigenvalue weighted by Crippen LogP contribution is 2.32. The number of rotatable bonds is 5. The number of carbonyl (C=O) groups excluding carboxylic acids is 1. The largest absolute Gasteiger partial charge is 0.391 e. The summed E-state index contributed by atoms with van der Waals surface area (Å²) in [4.78, 5) is 19.1. The second kappa shape index (κ2) is 9.81. The quantitative estimate of drug-likeness (QED) is 0.638. The van der Waals surface area contributed by atoms with Crippen molar-refractivity contribution in [2.75, 3.05) is 49.6 Å². The van der Waals surface area contributed by atoms with E-state index in [1.165, 1.54) is 31.3 Å². The molecule has 0 radical (unpaired) electrons. The van der Waals surface area contributed by atoms with Crippen LogP contribution in [0.5, 0.6) is 0 Å². The number of anilines is 2. The van der Waals surface area contributed by atoms with Crippen LogP contribution in [0, 0.1) is 17.1 Å². The number of hydrogen-bond acceptors (Lipinski definition) is 7. The number of benzene rings is 2. The third-order valence-corrected chi connectivity index (χ3v) is 8.22. The zero-order valence-corrected chi connectivity index (χ0v) is 20.4. The molecule has 0 spiro atoms. The van der Waals surface area contributed by atoms with Gasteiger partial charge in [-0.15, -0.1) is 0 Å². The highest BCUT2D eigenvalue weighted by Gasteiger charge is 2.33. The number of halogens is 1. The van der Waals surface area contributed by atoms with Crippen molar-refractivity contribution in [2.24, 2.45) is 0 Å². The Morgan fingerprint density at radius 1 is 1.14 bits per heavy atom. The molecule has 4 rings (SSSR count). The molecular formula is C24H28FN5O4S. The number of hydrogen-bond donors (Lipinski definition) is 2. The molecule has 0 bridgehead atoms. The van der Waals surface area contributed by atoms with Crippen LogP contribution in [0.4, 0.5) is 15.8 Å². The van der Waals surface area contributed by atoms with E-state index < -0.39 is 21.9 Å². The number of aliphatic hydroxyl groups excluding tert-OH is 1. The highest BCUT2D eigenvalue weighted by atomic mass is 32.2. The number of nitrogens with zero attached hydrogens (tertiary/aromatic N) is 4. The molecule has 2 heterocycles. The molecule has 2 aromatic carbocycles. The van der Waals surface area contributed by atoms with E-state index >= 15 is 0 Å². The van der Waals surface area contributed by atoms with Crippen molar-refractivity contribution < 1.29 is 22.7 Å². The van der Waals surface area contributed by atoms with E-state index in [-0.39, 0.29) is 28.0 Å². The molecule has 2 N–H and O–H groups in total. The third kappa shape index (κ3) is 4.82. The molecule has 0 aliphatic carbocycles. The monoisotopic (exact) mass is 501 g/mol. The zero-order valence-electron chi connectivity index (χ0n) is 19.6. The van der Waals surface area contributed by atoms with Crippen molar-refractivity contribution in [3.05, 3.63) is 53.3 Å². The lowest BCUT2D eigenvalue weighted by Gasteiger charge is -2.37. The molecule has 186 valence electrons. The van der Waals surface area contributed by atoms with Gasteiger partial charge in [-0.05, 0) is 56.8 Å². The highest BCUT2D eigenvalue weighted by molar-refractivity contribution is 7.89. The number of sulfonamides is 1. The molecule has 2 fully saturated rings. The molecular weight excluding hydrogens is 473 g/mol. The number of nitriles is 1. The second-order valence-corrected chi connectivity index (χ2v) is 10.6. The molecule has 2 unspecified atom stereocenters. The molecule has 2 atom stereocenters. The Balaban J connectivity index is 1.59. The first kappa shape index (κ1) is 24.9. The van der Waals surface area contributed by atoms with Crippen LogP contribution in [0.25, 0.3) is 0 Å². The van der Waals surface area contributed by atoms with E-state index in [9.17, 15) is 22.7 Å². The maximum absolute atomic E-state index is 14.1. The molecule has 2 saturated heterocycles. The summed E-state index contributed by atoms with van der Waals surface area (Å²) < 4.78 is 41.2. The summed E-state index contributed by atoms with van der Waals surface area (Å²) in [6, 6.07) is 10.5. The minimum Gasteiger partial charge on any atom is -0.391 e. The predicted octanol–water partition coefficient (Wildman–Crippen LogP) is 1.53. The first-order valence-electron chi connectivity index (χ1n) is 11.4. The van der Waals surface area contributed by atoms with Gasteiger partial charge in [-0.2, -0.15) is 5.26 Å². The SMILES string of the molecule is CNS(=O)(=O)c1ccc(N2CCC(O)C2C)c(C(=O)N2CCN(c3ccc(C#N)c(F)c3)CC2)c1. The summed E-state index contributed by atoms with van der Waals surface area (Å²) in [7, 11) is -2.45. The number of nitrogens with one attached hydrogen (secondary N) is 1. The summed E-state index contributed by atoms with van der Waals surface area (Å²) in [5.74, 6) is -0.884. The number of aliphatic hydroxyl groups is 1. The van der Waals surface area contributed by atoms with Gasteiger partial charge >= 0.3 is 0 Å². The van der Waals surface area contributed by atoms with E-state index in [0.29, 0.717) is 50.5 Å². The van der Waals surface area contributed by atoms with Crippen molar-refractivity contribution in [2.45, 2.75) is 30.4 Å². The Labute approximate surface area is 204 Å². The lowest BCUT2D eigenvalue weighted by Crippen LogP contribution is -2.49. The van der Waals surface area contributed by atoms with E-state index in [1.807, 2.05) is 16.7 Å². The van der Waals surface area contributed by atoms with Crippen LogP contribution in [0.2, 0.25) is 0 Å². The molecule has 11 heteroatoms. The van der Waals surface area contributed by atoms with Gasteiger partial charge in [0.05, 0.1) is 28.2 Å². The van der Waals surface area contributed by atoms with Crippen LogP contribution in [0.1, 0.15) is 29.3 Å². The van der Waals surface area contributed by atoms with Crippen LogP contribution in [0.3, 0.4) is 0 Å². The van der Waals surface area contributed by atoms with Crippen LogP contribution in [0.15, 0.2) is 41.3 Å². The normalized spacial score (nSPS) is 20.7. The minimum atomic E-state index is -3.76. The van der Waals surface area contributed by atoms with E-state index in [2.05, 4.69) is 4.72 Å². The average Bonchev–Trinajstić information content (AvgIpc) is 3.21. The van der Waals surface area contributed by atoms with E-state index in [1.54, 1.807) is 23.1 Å². The minimum absolute atomic E-state index is 0.00816. The standard InChI is InChI=1S/C24H28FN5O4S/c1-16-23(31)7-8-30(16)22-6-5-19(35(33,34)27-2)14-20(22)24(32)29-11-9-28(10-12-29)18-4-3-17(15-26)21(25)13-18/h3-6,13-14,16,23,27,31H,7-12H2,1-2H3. The smallest absolute Gasteiger partial charge is 0.256 e. The summed E-state index contributed by atoms with van der Waals surface area (Å²) in [6.07, 6.45) is 0.0283. The molecule has 2 aromatic rings. The second-order valence-electron chi connectivity index (χ2n) is 8.73. The maximum atomic E-state index is 14.1. The van der Waals surface area contributed by atoms with Gasteiger partial charge < -0.3 is 19.8 Å². The predicted molar refractivity (Wildman–Crippen MR) is 129 cm³/mol. The first-order valence-corrected chi connectivity index (χ1v) is 12.9. The lowest BCUT2D eigenvalue weighted by molar-refractivity contribution is 0.0747. The Bertz CT molecular complexity index is 1270. The molecule has 9 nitrogen and oxygen atoms in total. The lowest BCUT2D eigenvalue weighted by atomic mass is 10.1. The van der Waals surface area contributed by atoms with Crippen LogP contribution >= 0.6 is 0 Å².